The number of aryl methyl sites for hydroxylation is 1. The summed E-state index contributed by atoms with van der Waals surface area (Å²) in [5, 5.41) is 7.65. The van der Waals surface area contributed by atoms with Crippen LogP contribution in [0.15, 0.2) is 24.3 Å². The number of nitrogens with one attached hydrogen (secondary N) is 3. The Hall–Kier alpha value is -1.85. The summed E-state index contributed by atoms with van der Waals surface area (Å²) in [5.41, 5.74) is 4.47. The van der Waals surface area contributed by atoms with Gasteiger partial charge in [0.15, 0.2) is 0 Å². The Morgan fingerprint density at radius 3 is 2.77 bits per heavy atom. The fourth-order valence-corrected chi connectivity index (χ4v) is 4.65. The average molecular weight is 314 g/mol. The maximum absolute atomic E-state index is 12.6. The molecule has 1 amide bonds. The minimum Gasteiger partial charge on any atom is -0.353 e. The zero-order chi connectivity index (χ0) is 15.3. The molecule has 4 rings (SSSR count). The molecule has 1 aromatic carbocycles. The first-order chi connectivity index (χ1) is 10.6. The van der Waals surface area contributed by atoms with Crippen molar-refractivity contribution in [3.8, 4) is 0 Å². The molecule has 114 valence electrons. The molecule has 5 heteroatoms. The van der Waals surface area contributed by atoms with Gasteiger partial charge in [0.1, 0.15) is 17.7 Å². The van der Waals surface area contributed by atoms with E-state index in [4.69, 9.17) is 0 Å². The monoisotopic (exact) mass is 314 g/mol. The molecule has 4 nitrogen and oxygen atoms in total. The lowest BCUT2D eigenvalue weighted by atomic mass is 10.0. The van der Waals surface area contributed by atoms with Gasteiger partial charge in [-0.05, 0) is 18.1 Å². The van der Waals surface area contributed by atoms with Gasteiger partial charge in [-0.2, -0.15) is 0 Å². The third-order valence-electron chi connectivity index (χ3n) is 4.54. The van der Waals surface area contributed by atoms with Crippen LogP contribution in [0.25, 0.3) is 0 Å². The lowest BCUT2D eigenvalue weighted by molar-refractivity contribution is -0.895. The van der Waals surface area contributed by atoms with Gasteiger partial charge in [-0.15, -0.1) is 11.3 Å². The standard InChI is InChI=1S/C17H19N3OS/c1-10-3-5-11(6-4-10)15-18-16(21)14-12-7-8-20(2)9-13(12)22-17(14)19-15/h3-6,15,19H,7-9H2,1-2H3,(H,18,21)/p+1/t15-/m0/s1. The molecule has 2 aliphatic rings. The molecular weight excluding hydrogens is 294 g/mol. The highest BCUT2D eigenvalue weighted by Crippen LogP contribution is 2.38. The number of hydrogen-bond acceptors (Lipinski definition) is 3. The van der Waals surface area contributed by atoms with Crippen LogP contribution in [0, 0.1) is 6.92 Å². The second-order valence-electron chi connectivity index (χ2n) is 6.30. The van der Waals surface area contributed by atoms with E-state index in [1.165, 1.54) is 20.9 Å². The van der Waals surface area contributed by atoms with Crippen molar-refractivity contribution in [2.45, 2.75) is 26.1 Å². The Morgan fingerprint density at radius 2 is 2.00 bits per heavy atom. The summed E-state index contributed by atoms with van der Waals surface area (Å²) in [6.45, 7) is 4.20. The van der Waals surface area contributed by atoms with Crippen LogP contribution in [0.5, 0.6) is 0 Å². The second kappa shape index (κ2) is 5.11. The normalized spacial score (nSPS) is 23.3. The maximum Gasteiger partial charge on any atom is 0.256 e. The van der Waals surface area contributed by atoms with Crippen LogP contribution in [0.1, 0.15) is 38.1 Å². The second-order valence-corrected chi connectivity index (χ2v) is 7.41. The zero-order valence-corrected chi connectivity index (χ0v) is 13.6. The average Bonchev–Trinajstić information content (AvgIpc) is 2.85. The predicted molar refractivity (Wildman–Crippen MR) is 88.5 cm³/mol. The molecule has 0 bridgehead atoms. The van der Waals surface area contributed by atoms with Crippen LogP contribution in [-0.2, 0) is 13.0 Å². The number of amides is 1. The topological polar surface area (TPSA) is 45.6 Å². The number of thiophene rings is 1. The molecule has 1 aromatic heterocycles. The Labute approximate surface area is 134 Å². The third-order valence-corrected chi connectivity index (χ3v) is 5.71. The first-order valence-electron chi connectivity index (χ1n) is 7.71. The largest absolute Gasteiger partial charge is 0.353 e. The van der Waals surface area contributed by atoms with E-state index in [1.54, 1.807) is 11.3 Å². The first kappa shape index (κ1) is 13.8. The van der Waals surface area contributed by atoms with E-state index in [9.17, 15) is 4.79 Å². The molecule has 3 heterocycles. The van der Waals surface area contributed by atoms with Crippen molar-refractivity contribution < 1.29 is 9.69 Å². The number of fused-ring (bicyclic) bond motifs is 3. The highest BCUT2D eigenvalue weighted by atomic mass is 32.1. The lowest BCUT2D eigenvalue weighted by Gasteiger charge is -2.27. The predicted octanol–water partition coefficient (Wildman–Crippen LogP) is 1.48. The van der Waals surface area contributed by atoms with E-state index < -0.39 is 0 Å². The fraction of sp³-hybridized carbons (Fsp3) is 0.353. The number of benzene rings is 1. The van der Waals surface area contributed by atoms with Crippen LogP contribution in [-0.4, -0.2) is 19.5 Å². The molecule has 0 saturated heterocycles. The van der Waals surface area contributed by atoms with E-state index in [-0.39, 0.29) is 12.1 Å². The van der Waals surface area contributed by atoms with E-state index in [1.807, 2.05) is 0 Å². The van der Waals surface area contributed by atoms with E-state index in [2.05, 4.69) is 48.9 Å². The van der Waals surface area contributed by atoms with Gasteiger partial charge in [-0.1, -0.05) is 29.8 Å². The molecule has 0 radical (unpaired) electrons. The Balaban J connectivity index is 1.69. The van der Waals surface area contributed by atoms with E-state index >= 15 is 0 Å². The minimum atomic E-state index is -0.134. The van der Waals surface area contributed by atoms with Gasteiger partial charge in [0.2, 0.25) is 0 Å². The van der Waals surface area contributed by atoms with Crippen LogP contribution in [0.2, 0.25) is 0 Å². The highest BCUT2D eigenvalue weighted by Gasteiger charge is 2.33. The van der Waals surface area contributed by atoms with Gasteiger partial charge in [0.25, 0.3) is 5.91 Å². The molecular formula is C17H20N3OS+. The molecule has 1 unspecified atom stereocenters. The van der Waals surface area contributed by atoms with E-state index in [0.29, 0.717) is 0 Å². The molecule has 2 aliphatic heterocycles. The molecule has 0 fully saturated rings. The Bertz CT molecular complexity index is 735. The quantitative estimate of drug-likeness (QED) is 0.747. The van der Waals surface area contributed by atoms with Crippen molar-refractivity contribution in [1.29, 1.82) is 0 Å². The van der Waals surface area contributed by atoms with E-state index in [0.717, 1.165) is 35.6 Å². The van der Waals surface area contributed by atoms with Crippen LogP contribution < -0.4 is 15.5 Å². The third kappa shape index (κ3) is 2.21. The summed E-state index contributed by atoms with van der Waals surface area (Å²) in [6, 6.07) is 8.31. The summed E-state index contributed by atoms with van der Waals surface area (Å²) in [5.74, 6) is 0.0661. The fourth-order valence-electron chi connectivity index (χ4n) is 3.26. The van der Waals surface area contributed by atoms with Gasteiger partial charge in [0.05, 0.1) is 24.0 Å². The lowest BCUT2D eigenvalue weighted by Crippen LogP contribution is -3.08. The van der Waals surface area contributed by atoms with Crippen LogP contribution >= 0.6 is 11.3 Å². The molecule has 0 saturated carbocycles. The molecule has 0 aliphatic carbocycles. The molecule has 2 atom stereocenters. The Morgan fingerprint density at radius 1 is 1.23 bits per heavy atom. The molecule has 0 spiro atoms. The van der Waals surface area contributed by atoms with Gasteiger partial charge >= 0.3 is 0 Å². The smallest absolute Gasteiger partial charge is 0.256 e. The maximum atomic E-state index is 12.6. The van der Waals surface area contributed by atoms with Crippen molar-refractivity contribution >= 4 is 22.2 Å². The number of quaternary nitrogens is 1. The number of likely N-dealkylation sites (N-methyl/N-ethyl adjacent to an activating group) is 1. The number of rotatable bonds is 1. The zero-order valence-electron chi connectivity index (χ0n) is 12.8. The SMILES string of the molecule is Cc1ccc([C@H]2NC(=O)c3c(sc4c3CC[NH+](C)C4)N2)cc1. The summed E-state index contributed by atoms with van der Waals surface area (Å²) in [6.07, 6.45) is 0.864. The number of carbonyl (C=O) groups excluding carboxylic acids is 1. The van der Waals surface area contributed by atoms with Crippen molar-refractivity contribution in [1.82, 2.24) is 5.32 Å². The summed E-state index contributed by atoms with van der Waals surface area (Å²) >= 11 is 1.75. The number of hydrogen-bond donors (Lipinski definition) is 3. The first-order valence-corrected chi connectivity index (χ1v) is 8.53. The van der Waals surface area contributed by atoms with Gasteiger partial charge < -0.3 is 15.5 Å². The van der Waals surface area contributed by atoms with Gasteiger partial charge in [-0.25, -0.2) is 0 Å². The van der Waals surface area contributed by atoms with Gasteiger partial charge in [0, 0.05) is 6.42 Å². The van der Waals surface area contributed by atoms with Crippen molar-refractivity contribution in [2.24, 2.45) is 0 Å². The highest BCUT2D eigenvalue weighted by molar-refractivity contribution is 7.16. The number of carbonyl (C=O) groups is 1. The molecule has 22 heavy (non-hydrogen) atoms. The van der Waals surface area contributed by atoms with Crippen molar-refractivity contribution in [3.63, 3.8) is 0 Å². The van der Waals surface area contributed by atoms with Crippen LogP contribution in [0.3, 0.4) is 0 Å². The summed E-state index contributed by atoms with van der Waals surface area (Å²) < 4.78 is 0. The van der Waals surface area contributed by atoms with Crippen molar-refractivity contribution in [3.05, 3.63) is 51.4 Å². The van der Waals surface area contributed by atoms with Gasteiger partial charge in [-0.3, -0.25) is 4.79 Å². The molecule has 3 N–H and O–H groups in total. The Kier molecular flexibility index (Phi) is 3.20. The molecule has 2 aromatic rings. The van der Waals surface area contributed by atoms with Crippen molar-refractivity contribution in [2.75, 3.05) is 18.9 Å². The minimum absolute atomic E-state index is 0.0661. The summed E-state index contributed by atoms with van der Waals surface area (Å²) in [4.78, 5) is 15.5. The number of anilines is 1. The summed E-state index contributed by atoms with van der Waals surface area (Å²) in [7, 11) is 2.21. The van der Waals surface area contributed by atoms with Crippen LogP contribution in [0.4, 0.5) is 5.00 Å².